The van der Waals surface area contributed by atoms with Gasteiger partial charge in [0.2, 0.25) is 10.0 Å². The second-order valence-electron chi connectivity index (χ2n) is 6.79. The number of hydrogen-bond acceptors (Lipinski definition) is 7. The van der Waals surface area contributed by atoms with Crippen LogP contribution in [-0.2, 0) is 21.3 Å². The molecule has 0 spiro atoms. The van der Waals surface area contributed by atoms with Crippen LogP contribution >= 0.6 is 11.8 Å². The SMILES string of the molecule is CS(=O)(=O)NCCCSc1nnc(-c2ccc(F)cc2)n1CCN1CCOCC1. The lowest BCUT2D eigenvalue weighted by Gasteiger charge is -2.27. The van der Waals surface area contributed by atoms with E-state index < -0.39 is 10.0 Å². The Labute approximate surface area is 174 Å². The first-order valence-corrected chi connectivity index (χ1v) is 12.4. The molecule has 1 fully saturated rings. The van der Waals surface area contributed by atoms with Crippen molar-refractivity contribution in [3.05, 3.63) is 30.1 Å². The molecule has 1 aliphatic rings. The van der Waals surface area contributed by atoms with Gasteiger partial charge in [-0.25, -0.2) is 17.5 Å². The predicted molar refractivity (Wildman–Crippen MR) is 111 cm³/mol. The molecule has 160 valence electrons. The number of halogens is 1. The fraction of sp³-hybridized carbons (Fsp3) is 0.556. The summed E-state index contributed by atoms with van der Waals surface area (Å²) in [7, 11) is -3.17. The molecular weight excluding hydrogens is 417 g/mol. The Morgan fingerprint density at radius 2 is 1.90 bits per heavy atom. The summed E-state index contributed by atoms with van der Waals surface area (Å²) in [6.45, 7) is 5.21. The number of hydrogen-bond donors (Lipinski definition) is 1. The highest BCUT2D eigenvalue weighted by Gasteiger charge is 2.17. The maximum atomic E-state index is 13.3. The smallest absolute Gasteiger partial charge is 0.208 e. The van der Waals surface area contributed by atoms with Gasteiger partial charge in [0.1, 0.15) is 5.82 Å². The molecule has 2 aromatic rings. The van der Waals surface area contributed by atoms with Gasteiger partial charge in [0, 0.05) is 44.0 Å². The molecule has 0 unspecified atom stereocenters. The average Bonchev–Trinajstić information content (AvgIpc) is 3.09. The molecule has 0 aliphatic carbocycles. The molecule has 2 heterocycles. The van der Waals surface area contributed by atoms with E-state index in [1.54, 1.807) is 23.9 Å². The molecule has 1 N–H and O–H groups in total. The van der Waals surface area contributed by atoms with E-state index in [2.05, 4.69) is 24.4 Å². The number of thioether (sulfide) groups is 1. The number of nitrogens with one attached hydrogen (secondary N) is 1. The van der Waals surface area contributed by atoms with Crippen LogP contribution in [0, 0.1) is 5.82 Å². The van der Waals surface area contributed by atoms with Crippen LogP contribution in [0.5, 0.6) is 0 Å². The highest BCUT2D eigenvalue weighted by atomic mass is 32.2. The van der Waals surface area contributed by atoms with Crippen molar-refractivity contribution in [3.8, 4) is 11.4 Å². The Kier molecular flexibility index (Phi) is 8.01. The molecule has 1 saturated heterocycles. The van der Waals surface area contributed by atoms with Crippen molar-refractivity contribution in [1.82, 2.24) is 24.4 Å². The van der Waals surface area contributed by atoms with Crippen LogP contribution in [0.15, 0.2) is 29.4 Å². The summed E-state index contributed by atoms with van der Waals surface area (Å²) in [5.74, 6) is 1.12. The third-order valence-corrected chi connectivity index (χ3v) is 6.26. The Bertz CT molecular complexity index is 883. The van der Waals surface area contributed by atoms with E-state index in [1.807, 2.05) is 0 Å². The Morgan fingerprint density at radius 1 is 1.17 bits per heavy atom. The number of benzene rings is 1. The topological polar surface area (TPSA) is 89.3 Å². The summed E-state index contributed by atoms with van der Waals surface area (Å²) in [5.41, 5.74) is 0.812. The summed E-state index contributed by atoms with van der Waals surface area (Å²) in [6, 6.07) is 6.24. The second-order valence-corrected chi connectivity index (χ2v) is 9.68. The van der Waals surface area contributed by atoms with Crippen LogP contribution in [-0.4, -0.2) is 79.5 Å². The van der Waals surface area contributed by atoms with Gasteiger partial charge in [0.15, 0.2) is 11.0 Å². The lowest BCUT2D eigenvalue weighted by Crippen LogP contribution is -2.38. The average molecular weight is 444 g/mol. The quantitative estimate of drug-likeness (QED) is 0.439. The highest BCUT2D eigenvalue weighted by Crippen LogP contribution is 2.24. The summed E-state index contributed by atoms with van der Waals surface area (Å²) in [6.07, 6.45) is 1.83. The van der Waals surface area contributed by atoms with Gasteiger partial charge in [-0.05, 0) is 30.7 Å². The molecular formula is C18H26FN5O3S2. The van der Waals surface area contributed by atoms with Crippen molar-refractivity contribution >= 4 is 21.8 Å². The number of rotatable bonds is 10. The van der Waals surface area contributed by atoms with Crippen LogP contribution in [0.3, 0.4) is 0 Å². The van der Waals surface area contributed by atoms with E-state index in [0.29, 0.717) is 31.1 Å². The molecule has 11 heteroatoms. The second kappa shape index (κ2) is 10.5. The van der Waals surface area contributed by atoms with E-state index in [4.69, 9.17) is 4.74 Å². The van der Waals surface area contributed by atoms with Crippen LogP contribution in [0.25, 0.3) is 11.4 Å². The van der Waals surface area contributed by atoms with Crippen LogP contribution in [0.1, 0.15) is 6.42 Å². The fourth-order valence-corrected chi connectivity index (χ4v) is 4.39. The minimum atomic E-state index is -3.17. The van der Waals surface area contributed by atoms with E-state index in [9.17, 15) is 12.8 Å². The van der Waals surface area contributed by atoms with Crippen molar-refractivity contribution in [3.63, 3.8) is 0 Å². The molecule has 29 heavy (non-hydrogen) atoms. The molecule has 0 amide bonds. The lowest BCUT2D eigenvalue weighted by molar-refractivity contribution is 0.0361. The summed E-state index contributed by atoms with van der Waals surface area (Å²) < 4.78 is 45.6. The maximum absolute atomic E-state index is 13.3. The van der Waals surface area contributed by atoms with Crippen LogP contribution < -0.4 is 4.72 Å². The minimum absolute atomic E-state index is 0.291. The maximum Gasteiger partial charge on any atom is 0.208 e. The van der Waals surface area contributed by atoms with Gasteiger partial charge >= 0.3 is 0 Å². The van der Waals surface area contributed by atoms with E-state index in [0.717, 1.165) is 49.8 Å². The molecule has 0 saturated carbocycles. The van der Waals surface area contributed by atoms with Gasteiger partial charge in [0.25, 0.3) is 0 Å². The Balaban J connectivity index is 1.68. The molecule has 3 rings (SSSR count). The van der Waals surface area contributed by atoms with Gasteiger partial charge in [-0.15, -0.1) is 10.2 Å². The van der Waals surface area contributed by atoms with Crippen molar-refractivity contribution in [1.29, 1.82) is 0 Å². The summed E-state index contributed by atoms with van der Waals surface area (Å²) in [4.78, 5) is 2.34. The van der Waals surface area contributed by atoms with Crippen molar-refractivity contribution < 1.29 is 17.5 Å². The molecule has 8 nitrogen and oxygen atoms in total. The monoisotopic (exact) mass is 443 g/mol. The van der Waals surface area contributed by atoms with Crippen LogP contribution in [0.4, 0.5) is 4.39 Å². The molecule has 0 radical (unpaired) electrons. The molecule has 1 aromatic carbocycles. The zero-order valence-corrected chi connectivity index (χ0v) is 18.0. The zero-order valence-electron chi connectivity index (χ0n) is 16.4. The van der Waals surface area contributed by atoms with Gasteiger partial charge in [-0.1, -0.05) is 11.8 Å². The highest BCUT2D eigenvalue weighted by molar-refractivity contribution is 7.99. The van der Waals surface area contributed by atoms with E-state index >= 15 is 0 Å². The van der Waals surface area contributed by atoms with Crippen molar-refractivity contribution in [2.24, 2.45) is 0 Å². The van der Waals surface area contributed by atoms with Gasteiger partial charge < -0.3 is 9.30 Å². The predicted octanol–water partition coefficient (Wildman–Crippen LogP) is 1.45. The van der Waals surface area contributed by atoms with Crippen molar-refractivity contribution in [2.75, 3.05) is 51.4 Å². The van der Waals surface area contributed by atoms with Gasteiger partial charge in [0.05, 0.1) is 19.5 Å². The third kappa shape index (κ3) is 7.03. The lowest BCUT2D eigenvalue weighted by atomic mass is 10.2. The first kappa shape index (κ1) is 22.2. The Morgan fingerprint density at radius 3 is 2.59 bits per heavy atom. The number of morpholine rings is 1. The third-order valence-electron chi connectivity index (χ3n) is 4.48. The van der Waals surface area contributed by atoms with Crippen LogP contribution in [0.2, 0.25) is 0 Å². The van der Waals surface area contributed by atoms with E-state index in [-0.39, 0.29) is 5.82 Å². The molecule has 0 atom stereocenters. The zero-order chi connectivity index (χ0) is 20.7. The van der Waals surface area contributed by atoms with Gasteiger partial charge in [-0.2, -0.15) is 0 Å². The first-order chi connectivity index (χ1) is 13.9. The normalized spacial score (nSPS) is 15.7. The minimum Gasteiger partial charge on any atom is -0.379 e. The molecule has 1 aromatic heterocycles. The Hall–Kier alpha value is -1.53. The number of ether oxygens (including phenoxy) is 1. The number of sulfonamides is 1. The summed E-state index contributed by atoms with van der Waals surface area (Å²) in [5, 5.41) is 9.43. The molecule has 1 aliphatic heterocycles. The summed E-state index contributed by atoms with van der Waals surface area (Å²) >= 11 is 1.54. The largest absolute Gasteiger partial charge is 0.379 e. The molecule has 0 bridgehead atoms. The van der Waals surface area contributed by atoms with Crippen molar-refractivity contribution in [2.45, 2.75) is 18.1 Å². The fourth-order valence-electron chi connectivity index (χ4n) is 2.97. The standard InChI is InChI=1S/C18H26FN5O3S2/c1-29(25,26)20-7-2-14-28-18-22-21-17(15-3-5-16(19)6-4-15)24(18)9-8-23-10-12-27-13-11-23/h3-6,20H,2,7-14H2,1H3. The number of nitrogens with zero attached hydrogens (tertiary/aromatic N) is 4. The van der Waals surface area contributed by atoms with Gasteiger partial charge in [-0.3, -0.25) is 4.90 Å². The number of aromatic nitrogens is 3. The first-order valence-electron chi connectivity index (χ1n) is 9.49. The van der Waals surface area contributed by atoms with E-state index in [1.165, 1.54) is 12.1 Å².